The number of hydrogen-bond acceptors (Lipinski definition) is 5. The van der Waals surface area contributed by atoms with Crippen molar-refractivity contribution in [2.45, 2.75) is 37.8 Å². The van der Waals surface area contributed by atoms with Gasteiger partial charge in [0.25, 0.3) is 0 Å². The first-order valence-electron chi connectivity index (χ1n) is 12.1. The summed E-state index contributed by atoms with van der Waals surface area (Å²) in [5.41, 5.74) is 2.22. The van der Waals surface area contributed by atoms with Crippen molar-refractivity contribution in [2.24, 2.45) is 10.4 Å². The Morgan fingerprint density at radius 1 is 1.06 bits per heavy atom. The van der Waals surface area contributed by atoms with Crippen LogP contribution in [0.3, 0.4) is 0 Å². The summed E-state index contributed by atoms with van der Waals surface area (Å²) in [4.78, 5) is 18.8. The Morgan fingerprint density at radius 2 is 1.83 bits per heavy atom. The van der Waals surface area contributed by atoms with E-state index in [2.05, 4.69) is 39.1 Å². The molecule has 4 unspecified atom stereocenters. The first-order chi connectivity index (χ1) is 17.4. The van der Waals surface area contributed by atoms with Crippen molar-refractivity contribution in [3.8, 4) is 0 Å². The van der Waals surface area contributed by atoms with Gasteiger partial charge in [0, 0.05) is 11.1 Å². The van der Waals surface area contributed by atoms with E-state index in [1.807, 2.05) is 43.3 Å². The molecule has 8 heteroatoms. The first-order valence-corrected chi connectivity index (χ1v) is 13.1. The number of nitrogens with zero attached hydrogens (tertiary/aromatic N) is 4. The summed E-state index contributed by atoms with van der Waals surface area (Å²) in [7, 11) is 0. The predicted octanol–water partition coefficient (Wildman–Crippen LogP) is 5.15. The number of rotatable bonds is 2. The van der Waals surface area contributed by atoms with E-state index in [1.54, 1.807) is 12.4 Å². The molecule has 1 N–H and O–H groups in total. The molecule has 4 aromatic rings. The van der Waals surface area contributed by atoms with Crippen molar-refractivity contribution in [2.75, 3.05) is 5.75 Å². The van der Waals surface area contributed by atoms with Gasteiger partial charge in [-0.3, -0.25) is 9.79 Å². The Balaban J connectivity index is 1.22. The van der Waals surface area contributed by atoms with Crippen molar-refractivity contribution < 1.29 is 9.18 Å². The van der Waals surface area contributed by atoms with Gasteiger partial charge in [0.1, 0.15) is 18.0 Å². The topological polar surface area (TPSA) is 72.2 Å². The van der Waals surface area contributed by atoms with Crippen molar-refractivity contribution in [3.05, 3.63) is 95.3 Å². The van der Waals surface area contributed by atoms with Crippen LogP contribution < -0.4 is 5.32 Å². The number of carbonyl (C=O) groups excluding carboxylic acids is 1. The number of benzene rings is 3. The lowest BCUT2D eigenvalue weighted by Gasteiger charge is -2.54. The highest BCUT2D eigenvalue weighted by molar-refractivity contribution is 8.14. The second kappa shape index (κ2) is 7.49. The molecule has 180 valence electrons. The maximum Gasteiger partial charge on any atom is 0.234 e. The van der Waals surface area contributed by atoms with Crippen LogP contribution in [0.5, 0.6) is 0 Å². The van der Waals surface area contributed by atoms with E-state index in [1.165, 1.54) is 23.4 Å². The average Bonchev–Trinajstić information content (AvgIpc) is 3.55. The van der Waals surface area contributed by atoms with E-state index >= 15 is 0 Å². The Morgan fingerprint density at radius 3 is 2.69 bits per heavy atom. The van der Waals surface area contributed by atoms with E-state index in [-0.39, 0.29) is 23.8 Å². The third-order valence-electron chi connectivity index (χ3n) is 8.17. The SMILES string of the molecule is CC12CC(C)(C(=O)NC3=NC(c4ccc(F)c5ccccc45)CS3)C(c3ccccc31)n1cnnc12. The molecule has 0 saturated heterocycles. The number of aliphatic imine (C=N–C) groups is 1. The quantitative estimate of drug-likeness (QED) is 0.416. The van der Waals surface area contributed by atoms with Crippen LogP contribution >= 0.6 is 11.8 Å². The number of nitrogens with one attached hydrogen (secondary N) is 1. The van der Waals surface area contributed by atoms with Gasteiger partial charge in [-0.2, -0.15) is 0 Å². The molecule has 1 amide bonds. The highest BCUT2D eigenvalue weighted by atomic mass is 32.2. The minimum absolute atomic E-state index is 0.0524. The lowest BCUT2D eigenvalue weighted by molar-refractivity contribution is -0.133. The molecule has 0 fully saturated rings. The number of hydrogen-bond donors (Lipinski definition) is 1. The van der Waals surface area contributed by atoms with Crippen LogP contribution in [-0.2, 0) is 10.2 Å². The lowest BCUT2D eigenvalue weighted by Crippen LogP contribution is -2.57. The standard InChI is InChI=1S/C28H24FN5OS/c1-27-14-28(2,23(34-15-30-33-24(27)34)19-9-5-6-10-20(19)27)25(35)32-26-31-22(13-36-26)18-11-12-21(29)17-8-4-3-7-16(17)18/h3-12,15,22-23H,13-14H2,1-2H3,(H,31,32,35). The van der Waals surface area contributed by atoms with Crippen LogP contribution in [0.25, 0.3) is 10.8 Å². The molecule has 4 heterocycles. The molecule has 3 aromatic carbocycles. The molecule has 2 bridgehead atoms. The maximum atomic E-state index is 14.3. The molecule has 6 nitrogen and oxygen atoms in total. The van der Waals surface area contributed by atoms with Crippen molar-refractivity contribution in [1.29, 1.82) is 0 Å². The molecule has 1 aliphatic carbocycles. The monoisotopic (exact) mass is 497 g/mol. The highest BCUT2D eigenvalue weighted by Gasteiger charge is 2.60. The number of fused-ring (bicyclic) bond motifs is 2. The highest BCUT2D eigenvalue weighted by Crippen LogP contribution is 2.60. The normalized spacial score (nSPS) is 28.0. The number of amides is 1. The van der Waals surface area contributed by atoms with Gasteiger partial charge in [0.15, 0.2) is 5.17 Å². The molecule has 4 atom stereocenters. The van der Waals surface area contributed by atoms with Crippen LogP contribution in [0.15, 0.2) is 72.0 Å². The summed E-state index contributed by atoms with van der Waals surface area (Å²) in [6.07, 6.45) is 2.38. The van der Waals surface area contributed by atoms with E-state index < -0.39 is 10.8 Å². The molecule has 8 rings (SSSR count). The fourth-order valence-electron chi connectivity index (χ4n) is 6.61. The molecule has 0 saturated carbocycles. The smallest absolute Gasteiger partial charge is 0.234 e. The Labute approximate surface area is 212 Å². The van der Waals surface area contributed by atoms with Gasteiger partial charge in [0.2, 0.25) is 5.91 Å². The number of amidine groups is 1. The maximum absolute atomic E-state index is 14.3. The summed E-state index contributed by atoms with van der Waals surface area (Å²) in [5.74, 6) is 1.32. The zero-order valence-corrected chi connectivity index (χ0v) is 20.7. The summed E-state index contributed by atoms with van der Waals surface area (Å²) < 4.78 is 16.4. The Hall–Kier alpha value is -3.52. The van der Waals surface area contributed by atoms with Gasteiger partial charge in [-0.15, -0.1) is 10.2 Å². The molecule has 1 aromatic heterocycles. The fraction of sp³-hybridized carbons (Fsp3) is 0.286. The third-order valence-corrected chi connectivity index (χ3v) is 9.14. The minimum Gasteiger partial charge on any atom is -0.308 e. The third kappa shape index (κ3) is 2.85. The van der Waals surface area contributed by atoms with Crippen LogP contribution in [0, 0.1) is 11.2 Å². The van der Waals surface area contributed by atoms with Gasteiger partial charge in [-0.1, -0.05) is 66.4 Å². The number of thioether (sulfide) groups is 1. The molecular weight excluding hydrogens is 473 g/mol. The van der Waals surface area contributed by atoms with Crippen LogP contribution in [0.1, 0.15) is 54.9 Å². The van der Waals surface area contributed by atoms with E-state index in [0.717, 1.165) is 22.3 Å². The lowest BCUT2D eigenvalue weighted by atomic mass is 9.55. The second-order valence-electron chi connectivity index (χ2n) is 10.4. The molecule has 0 spiro atoms. The predicted molar refractivity (Wildman–Crippen MR) is 138 cm³/mol. The van der Waals surface area contributed by atoms with Crippen LogP contribution in [-0.4, -0.2) is 31.6 Å². The van der Waals surface area contributed by atoms with Gasteiger partial charge in [-0.05, 0) is 48.4 Å². The van der Waals surface area contributed by atoms with E-state index in [4.69, 9.17) is 4.99 Å². The zero-order valence-electron chi connectivity index (χ0n) is 19.9. The summed E-state index contributed by atoms with van der Waals surface area (Å²) in [6, 6.07) is 18.8. The second-order valence-corrected chi connectivity index (χ2v) is 11.4. The first kappa shape index (κ1) is 21.7. The largest absolute Gasteiger partial charge is 0.308 e. The van der Waals surface area contributed by atoms with Crippen LogP contribution in [0.4, 0.5) is 4.39 Å². The summed E-state index contributed by atoms with van der Waals surface area (Å²) >= 11 is 1.53. The molecule has 3 aliphatic heterocycles. The molecule has 0 radical (unpaired) electrons. The molecular formula is C28H24FN5OS. The van der Waals surface area contributed by atoms with Gasteiger partial charge in [-0.25, -0.2) is 4.39 Å². The number of halogens is 1. The van der Waals surface area contributed by atoms with Crippen molar-refractivity contribution in [1.82, 2.24) is 20.1 Å². The van der Waals surface area contributed by atoms with Crippen molar-refractivity contribution in [3.63, 3.8) is 0 Å². The average molecular weight is 498 g/mol. The van der Waals surface area contributed by atoms with Crippen LogP contribution in [0.2, 0.25) is 0 Å². The molecule has 4 aliphatic rings. The van der Waals surface area contributed by atoms with Gasteiger partial charge >= 0.3 is 0 Å². The Bertz CT molecular complexity index is 1600. The number of carbonyl (C=O) groups is 1. The summed E-state index contributed by atoms with van der Waals surface area (Å²) in [6.45, 7) is 4.19. The minimum atomic E-state index is -0.706. The van der Waals surface area contributed by atoms with Gasteiger partial charge in [0.05, 0.1) is 22.9 Å². The van der Waals surface area contributed by atoms with E-state index in [0.29, 0.717) is 22.7 Å². The van der Waals surface area contributed by atoms with Crippen molar-refractivity contribution >= 4 is 33.6 Å². The van der Waals surface area contributed by atoms with Gasteiger partial charge < -0.3 is 9.88 Å². The van der Waals surface area contributed by atoms with E-state index in [9.17, 15) is 9.18 Å². The molecule has 36 heavy (non-hydrogen) atoms. The zero-order chi connectivity index (χ0) is 24.7. The Kier molecular flexibility index (Phi) is 4.52. The fourth-order valence-corrected chi connectivity index (χ4v) is 7.55. The summed E-state index contributed by atoms with van der Waals surface area (Å²) in [5, 5.41) is 13.9. The number of aromatic nitrogens is 3.